The number of ether oxygens (including phenoxy) is 6. The molecular weight excluding hydrogens is 1170 g/mol. The number of nitrogens with one attached hydrogen (secondary N) is 1. The number of aliphatic hydroxyl groups excluding tert-OH is 11. The van der Waals surface area contributed by atoms with Crippen LogP contribution in [0.3, 0.4) is 0 Å². The number of carbonyl (C=O) groups excluding carboxylic acids is 1. The van der Waals surface area contributed by atoms with E-state index in [9.17, 15) is 61.0 Å². The first-order valence-corrected chi connectivity index (χ1v) is 36.0. The molecule has 1 amide bonds. The van der Waals surface area contributed by atoms with Crippen LogP contribution in [-0.2, 0) is 33.2 Å². The van der Waals surface area contributed by atoms with Gasteiger partial charge < -0.3 is 89.9 Å². The molecule has 530 valence electrons. The van der Waals surface area contributed by atoms with Crippen LogP contribution in [-0.4, -0.2) is 193 Å². The Kier molecular flexibility index (Phi) is 48.7. The van der Waals surface area contributed by atoms with E-state index >= 15 is 0 Å². The largest absolute Gasteiger partial charge is 0.394 e. The topological polar surface area (TPSA) is 307 Å². The van der Waals surface area contributed by atoms with Crippen LogP contribution in [0, 0.1) is 0 Å². The molecule has 0 aliphatic carbocycles. The summed E-state index contributed by atoms with van der Waals surface area (Å²) in [6.45, 7) is 1.60. The summed E-state index contributed by atoms with van der Waals surface area (Å²) in [7, 11) is 0. The monoisotopic (exact) mass is 1300 g/mol. The van der Waals surface area contributed by atoms with E-state index in [-0.39, 0.29) is 18.9 Å². The molecule has 19 heteroatoms. The van der Waals surface area contributed by atoms with Gasteiger partial charge in [0.2, 0.25) is 5.91 Å². The molecule has 0 aromatic rings. The van der Waals surface area contributed by atoms with Crippen molar-refractivity contribution in [2.24, 2.45) is 0 Å². The van der Waals surface area contributed by atoms with E-state index in [1.165, 1.54) is 154 Å². The SMILES string of the molecule is CC/C=C\C/C=C\C/C=C\CCCCCCCC(=O)NC(COC1OC(CO)C(OC2OC(CO)C(OC3OC(CO)C(O)C(O)C3O)C(O)C2O)C(O)C1O)C(O)/C=C/CC/C=C/CCCCCCCCCCCCCCCCCCCCCCCCCCC. The van der Waals surface area contributed by atoms with Gasteiger partial charge in [-0.25, -0.2) is 0 Å². The van der Waals surface area contributed by atoms with E-state index in [1.807, 2.05) is 6.08 Å². The number of hydrogen-bond acceptors (Lipinski definition) is 18. The number of rotatable bonds is 55. The average molecular weight is 1300 g/mol. The number of unbranched alkanes of at least 4 members (excludes halogenated alkanes) is 31. The van der Waals surface area contributed by atoms with Gasteiger partial charge in [0.1, 0.15) is 73.2 Å². The molecule has 0 radical (unpaired) electrons. The molecule has 0 spiro atoms. The molecule has 3 rings (SSSR count). The zero-order valence-electron chi connectivity index (χ0n) is 56.1. The van der Waals surface area contributed by atoms with Gasteiger partial charge in [-0.15, -0.1) is 0 Å². The standard InChI is InChI=1S/C72H129NO18/c1-3-5-7-9-11-13-15-17-19-20-21-22-23-24-25-26-27-28-29-30-31-32-33-34-36-37-39-41-43-45-47-49-56(77)55(73-60(78)50-48-46-44-42-40-38-35-18-16-14-12-10-8-6-4-2)54-86-70-66(84)63(81)68(58(52-75)88-70)91-72-67(85)64(82)69(59(53-76)89-72)90-71-65(83)62(80)61(79)57(51-74)87-71/h6,8,12,14,18,35,39,41,47,49,55-59,61-72,74-77,79-85H,3-5,7,9-11,13,15-17,19-34,36-38,40,42-46,48,50-54H2,1-2H3,(H,73,78)/b8-6-,14-12-,35-18-,41-39+,49-47+. The minimum atomic E-state index is -1.98. The molecule has 91 heavy (non-hydrogen) atoms. The van der Waals surface area contributed by atoms with Gasteiger partial charge in [-0.2, -0.15) is 0 Å². The molecule has 12 N–H and O–H groups in total. The Hall–Kier alpha value is -2.51. The number of carbonyl (C=O) groups is 1. The van der Waals surface area contributed by atoms with Crippen molar-refractivity contribution in [3.63, 3.8) is 0 Å². The molecule has 3 saturated heterocycles. The second kappa shape index (κ2) is 53.6. The molecule has 3 fully saturated rings. The number of amides is 1. The zero-order valence-corrected chi connectivity index (χ0v) is 56.1. The maximum Gasteiger partial charge on any atom is 0.220 e. The Bertz CT molecular complexity index is 1890. The van der Waals surface area contributed by atoms with Gasteiger partial charge in [-0.05, 0) is 64.2 Å². The lowest BCUT2D eigenvalue weighted by molar-refractivity contribution is -0.379. The lowest BCUT2D eigenvalue weighted by Crippen LogP contribution is -2.66. The van der Waals surface area contributed by atoms with Crippen LogP contribution >= 0.6 is 0 Å². The molecule has 0 aromatic carbocycles. The number of allylic oxidation sites excluding steroid dienone is 9. The second-order valence-electron chi connectivity index (χ2n) is 25.7. The van der Waals surface area contributed by atoms with Gasteiger partial charge >= 0.3 is 0 Å². The Morgan fingerprint density at radius 3 is 1.23 bits per heavy atom. The molecule has 3 aliphatic heterocycles. The Balaban J connectivity index is 1.40. The molecule has 17 atom stereocenters. The van der Waals surface area contributed by atoms with Gasteiger partial charge in [0.15, 0.2) is 18.9 Å². The van der Waals surface area contributed by atoms with Crippen LogP contribution in [0.2, 0.25) is 0 Å². The average Bonchev–Trinajstić information content (AvgIpc) is 0.883. The molecule has 3 aliphatic rings. The lowest BCUT2D eigenvalue weighted by Gasteiger charge is -2.48. The minimum Gasteiger partial charge on any atom is -0.394 e. The predicted molar refractivity (Wildman–Crippen MR) is 355 cm³/mol. The van der Waals surface area contributed by atoms with Crippen LogP contribution < -0.4 is 5.32 Å². The van der Waals surface area contributed by atoms with Crippen LogP contribution in [0.1, 0.15) is 258 Å². The number of hydrogen-bond donors (Lipinski definition) is 12. The van der Waals surface area contributed by atoms with E-state index < -0.39 is 124 Å². The molecule has 0 aromatic heterocycles. The smallest absolute Gasteiger partial charge is 0.220 e. The summed E-state index contributed by atoms with van der Waals surface area (Å²) in [5.41, 5.74) is 0. The highest BCUT2D eigenvalue weighted by Gasteiger charge is 2.53. The normalized spacial score (nSPS) is 28.2. The maximum absolute atomic E-state index is 13.4. The van der Waals surface area contributed by atoms with Crippen LogP contribution in [0.25, 0.3) is 0 Å². The first-order valence-electron chi connectivity index (χ1n) is 36.0. The summed E-state index contributed by atoms with van der Waals surface area (Å²) < 4.78 is 34.3. The van der Waals surface area contributed by atoms with Gasteiger partial charge in [-0.3, -0.25) is 4.79 Å². The molecule has 17 unspecified atom stereocenters. The summed E-state index contributed by atoms with van der Waals surface area (Å²) >= 11 is 0. The fourth-order valence-electron chi connectivity index (χ4n) is 12.0. The lowest BCUT2D eigenvalue weighted by atomic mass is 9.96. The fourth-order valence-corrected chi connectivity index (χ4v) is 12.0. The van der Waals surface area contributed by atoms with Crippen molar-refractivity contribution >= 4 is 5.91 Å². The van der Waals surface area contributed by atoms with E-state index in [4.69, 9.17) is 28.4 Å². The molecule has 19 nitrogen and oxygen atoms in total. The van der Waals surface area contributed by atoms with Gasteiger partial charge in [0, 0.05) is 6.42 Å². The highest BCUT2D eigenvalue weighted by atomic mass is 16.8. The highest BCUT2D eigenvalue weighted by molar-refractivity contribution is 5.76. The van der Waals surface area contributed by atoms with Gasteiger partial charge in [-0.1, -0.05) is 248 Å². The quantitative estimate of drug-likeness (QED) is 0.0199. The van der Waals surface area contributed by atoms with Crippen molar-refractivity contribution in [1.29, 1.82) is 0 Å². The highest BCUT2D eigenvalue weighted by Crippen LogP contribution is 2.33. The van der Waals surface area contributed by atoms with E-state index in [0.29, 0.717) is 12.8 Å². The number of aliphatic hydroxyl groups is 11. The molecule has 0 bridgehead atoms. The first-order chi connectivity index (χ1) is 44.3. The Morgan fingerprint density at radius 2 is 0.769 bits per heavy atom. The Morgan fingerprint density at radius 1 is 0.407 bits per heavy atom. The second-order valence-corrected chi connectivity index (χ2v) is 25.7. The third-order valence-corrected chi connectivity index (χ3v) is 17.8. The third kappa shape index (κ3) is 35.4. The summed E-state index contributed by atoms with van der Waals surface area (Å²) in [5, 5.41) is 120. The summed E-state index contributed by atoms with van der Waals surface area (Å²) in [6.07, 6.45) is 39.4. The van der Waals surface area contributed by atoms with E-state index in [0.717, 1.165) is 70.6 Å². The fraction of sp³-hybridized carbons (Fsp3) is 0.847. The van der Waals surface area contributed by atoms with Crippen LogP contribution in [0.4, 0.5) is 0 Å². The van der Waals surface area contributed by atoms with E-state index in [2.05, 4.69) is 67.8 Å². The summed E-state index contributed by atoms with van der Waals surface area (Å²) in [6, 6.07) is -1.00. The predicted octanol–water partition coefficient (Wildman–Crippen LogP) is 9.94. The first kappa shape index (κ1) is 82.7. The van der Waals surface area contributed by atoms with Crippen molar-refractivity contribution in [3.05, 3.63) is 60.8 Å². The van der Waals surface area contributed by atoms with Crippen LogP contribution in [0.15, 0.2) is 60.8 Å². The summed E-state index contributed by atoms with van der Waals surface area (Å²) in [5.74, 6) is -0.303. The molecule has 3 heterocycles. The third-order valence-electron chi connectivity index (χ3n) is 17.8. The van der Waals surface area contributed by atoms with Gasteiger partial charge in [0.25, 0.3) is 0 Å². The van der Waals surface area contributed by atoms with Crippen molar-refractivity contribution in [1.82, 2.24) is 5.32 Å². The minimum absolute atomic E-state index is 0.214. The Labute approximate surface area is 547 Å². The van der Waals surface area contributed by atoms with Crippen molar-refractivity contribution in [2.75, 3.05) is 26.4 Å². The molecule has 0 saturated carbocycles. The maximum atomic E-state index is 13.4. The van der Waals surface area contributed by atoms with Crippen molar-refractivity contribution < 1.29 is 89.4 Å². The molecular formula is C72H129NO18. The van der Waals surface area contributed by atoms with E-state index in [1.54, 1.807) is 6.08 Å². The van der Waals surface area contributed by atoms with Gasteiger partial charge in [0.05, 0.1) is 38.6 Å². The zero-order chi connectivity index (χ0) is 66.1. The van der Waals surface area contributed by atoms with Crippen molar-refractivity contribution in [2.45, 2.75) is 362 Å². The van der Waals surface area contributed by atoms with Crippen molar-refractivity contribution in [3.8, 4) is 0 Å². The summed E-state index contributed by atoms with van der Waals surface area (Å²) in [4.78, 5) is 13.4. The van der Waals surface area contributed by atoms with Crippen LogP contribution in [0.5, 0.6) is 0 Å².